The SMILES string of the molecule is COc1cc(C(N)=O)ccc1Oc1ccc(N)c(N)c1. The van der Waals surface area contributed by atoms with E-state index in [0.717, 1.165) is 0 Å². The van der Waals surface area contributed by atoms with Crippen molar-refractivity contribution in [3.8, 4) is 17.2 Å². The highest BCUT2D eigenvalue weighted by atomic mass is 16.5. The predicted molar refractivity (Wildman–Crippen MR) is 76.9 cm³/mol. The fourth-order valence-electron chi connectivity index (χ4n) is 1.65. The maximum absolute atomic E-state index is 11.1. The minimum atomic E-state index is -0.536. The molecule has 0 fully saturated rings. The molecule has 0 saturated heterocycles. The molecule has 0 heterocycles. The molecular weight excluding hydrogens is 258 g/mol. The van der Waals surface area contributed by atoms with Crippen molar-refractivity contribution in [3.05, 3.63) is 42.0 Å². The summed E-state index contributed by atoms with van der Waals surface area (Å²) in [5, 5.41) is 0. The maximum atomic E-state index is 11.1. The zero-order chi connectivity index (χ0) is 14.7. The van der Waals surface area contributed by atoms with Crippen molar-refractivity contribution >= 4 is 17.3 Å². The van der Waals surface area contributed by atoms with Crippen LogP contribution >= 0.6 is 0 Å². The van der Waals surface area contributed by atoms with Crippen LogP contribution in [-0.2, 0) is 0 Å². The molecule has 0 aromatic heterocycles. The molecule has 6 heteroatoms. The molecule has 6 nitrogen and oxygen atoms in total. The molecule has 20 heavy (non-hydrogen) atoms. The standard InChI is InChI=1S/C14H15N3O3/c1-19-13-6-8(14(17)18)2-5-12(13)20-9-3-4-10(15)11(16)7-9/h2-7H,15-16H2,1H3,(H2,17,18). The van der Waals surface area contributed by atoms with Crippen LogP contribution in [0, 0.1) is 0 Å². The number of carbonyl (C=O) groups is 1. The fourth-order valence-corrected chi connectivity index (χ4v) is 1.65. The van der Waals surface area contributed by atoms with Gasteiger partial charge in [-0.05, 0) is 30.3 Å². The average Bonchev–Trinajstić information content (AvgIpc) is 2.43. The van der Waals surface area contributed by atoms with Crippen LogP contribution in [-0.4, -0.2) is 13.0 Å². The first kappa shape index (κ1) is 13.5. The molecule has 104 valence electrons. The molecule has 1 amide bonds. The summed E-state index contributed by atoms with van der Waals surface area (Å²) < 4.78 is 10.8. The topological polar surface area (TPSA) is 114 Å². The van der Waals surface area contributed by atoms with E-state index in [1.807, 2.05) is 0 Å². The van der Waals surface area contributed by atoms with Gasteiger partial charge in [0.25, 0.3) is 0 Å². The Morgan fingerprint density at radius 2 is 1.75 bits per heavy atom. The molecule has 0 saturated carbocycles. The number of benzene rings is 2. The molecule has 0 aliphatic carbocycles. The van der Waals surface area contributed by atoms with Gasteiger partial charge in [-0.2, -0.15) is 0 Å². The van der Waals surface area contributed by atoms with Crippen molar-refractivity contribution < 1.29 is 14.3 Å². The largest absolute Gasteiger partial charge is 0.493 e. The maximum Gasteiger partial charge on any atom is 0.248 e. The second-order valence-electron chi connectivity index (χ2n) is 4.12. The Hall–Kier alpha value is -2.89. The van der Waals surface area contributed by atoms with Crippen molar-refractivity contribution in [2.24, 2.45) is 5.73 Å². The van der Waals surface area contributed by atoms with E-state index < -0.39 is 5.91 Å². The van der Waals surface area contributed by atoms with Gasteiger partial charge in [0.15, 0.2) is 11.5 Å². The normalized spacial score (nSPS) is 10.1. The van der Waals surface area contributed by atoms with Crippen molar-refractivity contribution in [3.63, 3.8) is 0 Å². The third kappa shape index (κ3) is 2.74. The van der Waals surface area contributed by atoms with Gasteiger partial charge in [-0.25, -0.2) is 0 Å². The van der Waals surface area contributed by atoms with Crippen LogP contribution in [0.5, 0.6) is 17.2 Å². The summed E-state index contributed by atoms with van der Waals surface area (Å²) in [5.41, 5.74) is 17.8. The van der Waals surface area contributed by atoms with Crippen LogP contribution in [0.4, 0.5) is 11.4 Å². The minimum absolute atomic E-state index is 0.339. The lowest BCUT2D eigenvalue weighted by molar-refractivity contribution is 0.1000. The average molecular weight is 273 g/mol. The van der Waals surface area contributed by atoms with Gasteiger partial charge in [-0.1, -0.05) is 0 Å². The molecule has 0 aliphatic heterocycles. The second kappa shape index (κ2) is 5.40. The van der Waals surface area contributed by atoms with Crippen LogP contribution in [0.15, 0.2) is 36.4 Å². The number of carbonyl (C=O) groups excluding carboxylic acids is 1. The summed E-state index contributed by atoms with van der Waals surface area (Å²) in [6.07, 6.45) is 0. The lowest BCUT2D eigenvalue weighted by Gasteiger charge is -2.12. The summed E-state index contributed by atoms with van der Waals surface area (Å²) in [4.78, 5) is 11.1. The van der Waals surface area contributed by atoms with E-state index in [2.05, 4.69) is 0 Å². The highest BCUT2D eigenvalue weighted by Crippen LogP contribution is 2.33. The third-order valence-electron chi connectivity index (χ3n) is 2.73. The molecule has 0 spiro atoms. The van der Waals surface area contributed by atoms with Crippen LogP contribution < -0.4 is 26.7 Å². The van der Waals surface area contributed by atoms with Crippen molar-refractivity contribution in [1.82, 2.24) is 0 Å². The van der Waals surface area contributed by atoms with Gasteiger partial charge >= 0.3 is 0 Å². The molecule has 0 unspecified atom stereocenters. The Balaban J connectivity index is 2.32. The molecule has 6 N–H and O–H groups in total. The molecule has 2 rings (SSSR count). The van der Waals surface area contributed by atoms with Crippen molar-refractivity contribution in [1.29, 1.82) is 0 Å². The third-order valence-corrected chi connectivity index (χ3v) is 2.73. The number of hydrogen-bond acceptors (Lipinski definition) is 5. The molecular formula is C14H15N3O3. The number of primary amides is 1. The fraction of sp³-hybridized carbons (Fsp3) is 0.0714. The van der Waals surface area contributed by atoms with Crippen LogP contribution in [0.1, 0.15) is 10.4 Å². The quantitative estimate of drug-likeness (QED) is 0.734. The Morgan fingerprint density at radius 1 is 1.00 bits per heavy atom. The number of amides is 1. The van der Waals surface area contributed by atoms with Gasteiger partial charge in [0.05, 0.1) is 18.5 Å². The first-order valence-corrected chi connectivity index (χ1v) is 5.82. The first-order valence-electron chi connectivity index (χ1n) is 5.82. The van der Waals surface area contributed by atoms with Crippen molar-refractivity contribution in [2.45, 2.75) is 0 Å². The number of hydrogen-bond donors (Lipinski definition) is 3. The predicted octanol–water partition coefficient (Wildman–Crippen LogP) is 1.75. The smallest absolute Gasteiger partial charge is 0.248 e. The Kier molecular flexibility index (Phi) is 3.65. The van der Waals surface area contributed by atoms with E-state index >= 15 is 0 Å². The van der Waals surface area contributed by atoms with Crippen LogP contribution in [0.2, 0.25) is 0 Å². The summed E-state index contributed by atoms with van der Waals surface area (Å²) in [5.74, 6) is 0.826. The molecule has 0 bridgehead atoms. The summed E-state index contributed by atoms with van der Waals surface area (Å²) in [7, 11) is 1.48. The molecule has 0 radical (unpaired) electrons. The Labute approximate surface area is 116 Å². The van der Waals surface area contributed by atoms with Gasteiger partial charge < -0.3 is 26.7 Å². The van der Waals surface area contributed by atoms with E-state index in [0.29, 0.717) is 34.2 Å². The van der Waals surface area contributed by atoms with Gasteiger partial charge in [-0.15, -0.1) is 0 Å². The van der Waals surface area contributed by atoms with Gasteiger partial charge in [0, 0.05) is 11.6 Å². The van der Waals surface area contributed by atoms with E-state index in [4.69, 9.17) is 26.7 Å². The lowest BCUT2D eigenvalue weighted by Crippen LogP contribution is -2.10. The van der Waals surface area contributed by atoms with Crippen LogP contribution in [0.25, 0.3) is 0 Å². The summed E-state index contributed by atoms with van der Waals surface area (Å²) >= 11 is 0. The molecule has 0 aliphatic rings. The Bertz CT molecular complexity index is 656. The highest BCUT2D eigenvalue weighted by Gasteiger charge is 2.10. The monoisotopic (exact) mass is 273 g/mol. The minimum Gasteiger partial charge on any atom is -0.493 e. The number of ether oxygens (including phenoxy) is 2. The van der Waals surface area contributed by atoms with Crippen molar-refractivity contribution in [2.75, 3.05) is 18.6 Å². The van der Waals surface area contributed by atoms with E-state index in [-0.39, 0.29) is 0 Å². The Morgan fingerprint density at radius 3 is 2.35 bits per heavy atom. The van der Waals surface area contributed by atoms with Gasteiger partial charge in [0.2, 0.25) is 5.91 Å². The number of methoxy groups -OCH3 is 1. The molecule has 0 atom stereocenters. The van der Waals surface area contributed by atoms with Gasteiger partial charge in [-0.3, -0.25) is 4.79 Å². The number of nitrogen functional groups attached to an aromatic ring is 2. The lowest BCUT2D eigenvalue weighted by atomic mass is 10.2. The molecule has 2 aromatic rings. The highest BCUT2D eigenvalue weighted by molar-refractivity contribution is 5.93. The van der Waals surface area contributed by atoms with E-state index in [1.54, 1.807) is 30.3 Å². The van der Waals surface area contributed by atoms with Gasteiger partial charge in [0.1, 0.15) is 5.75 Å². The first-order chi connectivity index (χ1) is 9.51. The number of anilines is 2. The number of nitrogens with two attached hydrogens (primary N) is 3. The zero-order valence-electron chi connectivity index (χ0n) is 10.9. The zero-order valence-corrected chi connectivity index (χ0v) is 10.9. The van der Waals surface area contributed by atoms with E-state index in [9.17, 15) is 4.79 Å². The summed E-state index contributed by atoms with van der Waals surface area (Å²) in [6, 6.07) is 9.61. The van der Waals surface area contributed by atoms with Crippen LogP contribution in [0.3, 0.4) is 0 Å². The molecule has 2 aromatic carbocycles. The number of rotatable bonds is 4. The van der Waals surface area contributed by atoms with E-state index in [1.165, 1.54) is 13.2 Å². The second-order valence-corrected chi connectivity index (χ2v) is 4.12. The summed E-state index contributed by atoms with van der Waals surface area (Å²) in [6.45, 7) is 0.